The number of carbonyl (C=O) groups excluding carboxylic acids is 1. The Balaban J connectivity index is 1.89. The van der Waals surface area contributed by atoms with E-state index >= 15 is 0 Å². The summed E-state index contributed by atoms with van der Waals surface area (Å²) in [4.78, 5) is 19.6. The fourth-order valence-corrected chi connectivity index (χ4v) is 4.03. The van der Waals surface area contributed by atoms with Crippen LogP contribution in [0.2, 0.25) is 0 Å². The van der Waals surface area contributed by atoms with E-state index in [2.05, 4.69) is 4.98 Å². The smallest absolute Gasteiger partial charge is 0.254 e. The van der Waals surface area contributed by atoms with Crippen LogP contribution < -0.4 is 9.47 Å². The fourth-order valence-electron chi connectivity index (χ4n) is 3.09. The van der Waals surface area contributed by atoms with Gasteiger partial charge in [-0.25, -0.2) is 4.98 Å². The van der Waals surface area contributed by atoms with Crippen molar-refractivity contribution in [1.29, 1.82) is 0 Å². The summed E-state index contributed by atoms with van der Waals surface area (Å²) in [6.07, 6.45) is 3.12. The zero-order valence-electron chi connectivity index (χ0n) is 14.2. The maximum atomic E-state index is 13.1. The molecule has 5 nitrogen and oxygen atoms in total. The number of methoxy groups -OCH3 is 2. The molecule has 1 fully saturated rings. The quantitative estimate of drug-likeness (QED) is 0.844. The van der Waals surface area contributed by atoms with E-state index < -0.39 is 0 Å². The minimum Gasteiger partial charge on any atom is -0.493 e. The molecule has 1 aliphatic heterocycles. The van der Waals surface area contributed by atoms with Gasteiger partial charge in [0.2, 0.25) is 0 Å². The van der Waals surface area contributed by atoms with Crippen molar-refractivity contribution in [3.8, 4) is 11.5 Å². The maximum Gasteiger partial charge on any atom is 0.254 e. The highest BCUT2D eigenvalue weighted by Crippen LogP contribution is 2.35. The molecule has 1 atom stereocenters. The molecular weight excluding hydrogens is 324 g/mol. The monoisotopic (exact) mass is 346 g/mol. The number of hydrogen-bond acceptors (Lipinski definition) is 5. The maximum absolute atomic E-state index is 13.1. The lowest BCUT2D eigenvalue weighted by atomic mass is 10.0. The molecule has 0 N–H and O–H groups in total. The molecule has 128 valence electrons. The Hall–Kier alpha value is -2.08. The summed E-state index contributed by atoms with van der Waals surface area (Å²) in [5.74, 6) is 1.22. The number of aryl methyl sites for hydroxylation is 1. The Bertz CT molecular complexity index is 729. The third-order valence-electron chi connectivity index (χ3n) is 4.32. The van der Waals surface area contributed by atoms with E-state index in [9.17, 15) is 4.79 Å². The van der Waals surface area contributed by atoms with Gasteiger partial charge in [0, 0.05) is 23.2 Å². The highest BCUT2D eigenvalue weighted by Gasteiger charge is 2.30. The number of likely N-dealkylation sites (tertiary alicyclic amines) is 1. The topological polar surface area (TPSA) is 51.7 Å². The Morgan fingerprint density at radius 1 is 1.25 bits per heavy atom. The Kier molecular flexibility index (Phi) is 5.04. The summed E-state index contributed by atoms with van der Waals surface area (Å²) >= 11 is 1.64. The van der Waals surface area contributed by atoms with Crippen LogP contribution in [-0.2, 0) is 0 Å². The molecule has 0 radical (unpaired) electrons. The van der Waals surface area contributed by atoms with Crippen molar-refractivity contribution in [3.63, 3.8) is 0 Å². The number of ether oxygens (including phenoxy) is 2. The molecule has 0 aliphatic carbocycles. The number of piperidine rings is 1. The third kappa shape index (κ3) is 3.24. The SMILES string of the molecule is COc1ccc(C(=O)N2CCCC[C@@H]2c2nc(C)cs2)cc1OC. The zero-order chi connectivity index (χ0) is 17.1. The van der Waals surface area contributed by atoms with Gasteiger partial charge in [-0.1, -0.05) is 0 Å². The first-order valence-corrected chi connectivity index (χ1v) is 8.97. The molecule has 2 heterocycles. The molecule has 1 aromatic heterocycles. The van der Waals surface area contributed by atoms with Crippen molar-refractivity contribution < 1.29 is 14.3 Å². The Morgan fingerprint density at radius 2 is 2.04 bits per heavy atom. The summed E-state index contributed by atoms with van der Waals surface area (Å²) in [6, 6.07) is 5.39. The second kappa shape index (κ2) is 7.21. The van der Waals surface area contributed by atoms with Crippen LogP contribution in [0, 0.1) is 6.92 Å². The summed E-state index contributed by atoms with van der Waals surface area (Å²) < 4.78 is 10.6. The van der Waals surface area contributed by atoms with Crippen molar-refractivity contribution >= 4 is 17.2 Å². The second-order valence-corrected chi connectivity index (χ2v) is 6.80. The van der Waals surface area contributed by atoms with Gasteiger partial charge in [0.15, 0.2) is 11.5 Å². The molecule has 3 rings (SSSR count). The lowest BCUT2D eigenvalue weighted by molar-refractivity contribution is 0.0610. The van der Waals surface area contributed by atoms with E-state index in [0.717, 1.165) is 36.5 Å². The fraction of sp³-hybridized carbons (Fsp3) is 0.444. The van der Waals surface area contributed by atoms with Crippen LogP contribution in [0.15, 0.2) is 23.6 Å². The highest BCUT2D eigenvalue weighted by molar-refractivity contribution is 7.09. The van der Waals surface area contributed by atoms with Gasteiger partial charge in [0.05, 0.1) is 20.3 Å². The van der Waals surface area contributed by atoms with Gasteiger partial charge in [0.25, 0.3) is 5.91 Å². The van der Waals surface area contributed by atoms with Crippen molar-refractivity contribution in [2.75, 3.05) is 20.8 Å². The second-order valence-electron chi connectivity index (χ2n) is 5.91. The third-order valence-corrected chi connectivity index (χ3v) is 5.38. The van der Waals surface area contributed by atoms with Crippen molar-refractivity contribution in [2.24, 2.45) is 0 Å². The van der Waals surface area contributed by atoms with Gasteiger partial charge in [-0.2, -0.15) is 0 Å². The molecular formula is C18H22N2O3S. The largest absolute Gasteiger partial charge is 0.493 e. The van der Waals surface area contributed by atoms with Gasteiger partial charge < -0.3 is 14.4 Å². The molecule has 1 saturated heterocycles. The van der Waals surface area contributed by atoms with E-state index in [4.69, 9.17) is 9.47 Å². The Morgan fingerprint density at radius 3 is 2.71 bits per heavy atom. The first kappa shape index (κ1) is 16.8. The summed E-state index contributed by atoms with van der Waals surface area (Å²) in [5.41, 5.74) is 1.63. The van der Waals surface area contributed by atoms with Gasteiger partial charge in [-0.15, -0.1) is 11.3 Å². The predicted octanol–water partition coefficient (Wildman–Crippen LogP) is 3.84. The number of rotatable bonds is 4. The van der Waals surface area contributed by atoms with E-state index in [-0.39, 0.29) is 11.9 Å². The van der Waals surface area contributed by atoms with E-state index in [1.807, 2.05) is 17.2 Å². The highest BCUT2D eigenvalue weighted by atomic mass is 32.1. The molecule has 0 saturated carbocycles. The summed E-state index contributed by atoms with van der Waals surface area (Å²) in [5, 5.41) is 3.07. The van der Waals surface area contributed by atoms with Gasteiger partial charge in [0.1, 0.15) is 5.01 Å². The number of amides is 1. The zero-order valence-corrected chi connectivity index (χ0v) is 15.1. The van der Waals surface area contributed by atoms with Crippen LogP contribution in [0.1, 0.15) is 46.4 Å². The minimum atomic E-state index is 0.0218. The van der Waals surface area contributed by atoms with E-state index in [1.54, 1.807) is 43.8 Å². The molecule has 1 amide bonds. The predicted molar refractivity (Wildman–Crippen MR) is 94.0 cm³/mol. The average Bonchev–Trinajstić information content (AvgIpc) is 3.06. The number of hydrogen-bond donors (Lipinski definition) is 0. The molecule has 0 unspecified atom stereocenters. The molecule has 2 aromatic rings. The molecule has 0 bridgehead atoms. The van der Waals surface area contributed by atoms with Crippen molar-refractivity contribution in [3.05, 3.63) is 39.8 Å². The van der Waals surface area contributed by atoms with Gasteiger partial charge >= 0.3 is 0 Å². The standard InChI is InChI=1S/C18H22N2O3S/c1-12-11-24-17(19-12)14-6-4-5-9-20(14)18(21)13-7-8-15(22-2)16(10-13)23-3/h7-8,10-11,14H,4-6,9H2,1-3H3/t14-/m1/s1. The first-order valence-electron chi connectivity index (χ1n) is 8.09. The lowest BCUT2D eigenvalue weighted by Crippen LogP contribution is -2.38. The van der Waals surface area contributed by atoms with Crippen LogP contribution in [-0.4, -0.2) is 36.6 Å². The summed E-state index contributed by atoms with van der Waals surface area (Å²) in [6.45, 7) is 2.75. The van der Waals surface area contributed by atoms with Crippen molar-refractivity contribution in [2.45, 2.75) is 32.2 Å². The van der Waals surface area contributed by atoms with Gasteiger partial charge in [-0.3, -0.25) is 4.79 Å². The summed E-state index contributed by atoms with van der Waals surface area (Å²) in [7, 11) is 3.17. The Labute approximate surface area is 146 Å². The normalized spacial score (nSPS) is 17.6. The first-order chi connectivity index (χ1) is 11.6. The number of thiazole rings is 1. The number of aromatic nitrogens is 1. The van der Waals surface area contributed by atoms with Gasteiger partial charge in [-0.05, 0) is 44.4 Å². The molecule has 6 heteroatoms. The van der Waals surface area contributed by atoms with E-state index in [0.29, 0.717) is 17.1 Å². The number of nitrogens with zero attached hydrogens (tertiary/aromatic N) is 2. The van der Waals surface area contributed by atoms with Crippen LogP contribution in [0.5, 0.6) is 11.5 Å². The number of carbonyl (C=O) groups is 1. The molecule has 0 spiro atoms. The van der Waals surface area contributed by atoms with Crippen LogP contribution in [0.4, 0.5) is 0 Å². The number of benzene rings is 1. The van der Waals surface area contributed by atoms with Crippen LogP contribution in [0.25, 0.3) is 0 Å². The van der Waals surface area contributed by atoms with Crippen LogP contribution in [0.3, 0.4) is 0 Å². The minimum absolute atomic E-state index is 0.0218. The molecule has 1 aromatic carbocycles. The van der Waals surface area contributed by atoms with Crippen LogP contribution >= 0.6 is 11.3 Å². The average molecular weight is 346 g/mol. The van der Waals surface area contributed by atoms with E-state index in [1.165, 1.54) is 0 Å². The molecule has 24 heavy (non-hydrogen) atoms. The van der Waals surface area contributed by atoms with Crippen molar-refractivity contribution in [1.82, 2.24) is 9.88 Å². The molecule has 1 aliphatic rings. The lowest BCUT2D eigenvalue weighted by Gasteiger charge is -2.34.